The quantitative estimate of drug-likeness (QED) is 0.829. The number of nitrogens with zero attached hydrogens (tertiary/aromatic N) is 1. The molecule has 0 atom stereocenters. The summed E-state index contributed by atoms with van der Waals surface area (Å²) in [6, 6.07) is 3.21. The van der Waals surface area contributed by atoms with E-state index in [4.69, 9.17) is 10.2 Å². The Bertz CT molecular complexity index is 539. The summed E-state index contributed by atoms with van der Waals surface area (Å²) < 4.78 is 2.07. The molecule has 0 amide bonds. The fourth-order valence-electron chi connectivity index (χ4n) is 1.46. The minimum Gasteiger partial charge on any atom is -0.480 e. The van der Waals surface area contributed by atoms with E-state index in [9.17, 15) is 9.59 Å². The largest absolute Gasteiger partial charge is 0.480 e. The van der Waals surface area contributed by atoms with Crippen LogP contribution in [-0.4, -0.2) is 26.7 Å². The first-order valence-electron chi connectivity index (χ1n) is 4.11. The molecule has 0 unspecified atom stereocenters. The number of hydrogen-bond donors (Lipinski definition) is 2. The lowest BCUT2D eigenvalue weighted by molar-refractivity contribution is -0.137. The van der Waals surface area contributed by atoms with Crippen LogP contribution in [0, 0.1) is 0 Å². The van der Waals surface area contributed by atoms with Gasteiger partial charge in [0.15, 0.2) is 0 Å². The highest BCUT2D eigenvalue weighted by Gasteiger charge is 2.16. The molecule has 15 heavy (non-hydrogen) atoms. The van der Waals surface area contributed by atoms with E-state index < -0.39 is 11.9 Å². The third-order valence-electron chi connectivity index (χ3n) is 2.04. The van der Waals surface area contributed by atoms with Crippen LogP contribution in [0.4, 0.5) is 0 Å². The molecular formula is C9H7NO4S. The summed E-state index contributed by atoms with van der Waals surface area (Å²) in [5.41, 5.74) is 0.666. The van der Waals surface area contributed by atoms with E-state index in [1.54, 1.807) is 11.4 Å². The van der Waals surface area contributed by atoms with Crippen molar-refractivity contribution in [1.82, 2.24) is 4.57 Å². The lowest BCUT2D eigenvalue weighted by atomic mass is 10.4. The molecule has 2 aromatic heterocycles. The number of carbonyl (C=O) groups is 2. The van der Waals surface area contributed by atoms with Gasteiger partial charge in [0.25, 0.3) is 0 Å². The summed E-state index contributed by atoms with van der Waals surface area (Å²) in [6.07, 6.45) is 0. The van der Waals surface area contributed by atoms with E-state index in [1.807, 2.05) is 0 Å². The Labute approximate surface area is 88.2 Å². The molecule has 0 aliphatic heterocycles. The van der Waals surface area contributed by atoms with Crippen LogP contribution in [0.25, 0.3) is 10.2 Å². The van der Waals surface area contributed by atoms with Gasteiger partial charge < -0.3 is 14.8 Å². The number of carboxylic acids is 2. The Hall–Kier alpha value is -1.82. The highest BCUT2D eigenvalue weighted by molar-refractivity contribution is 7.17. The van der Waals surface area contributed by atoms with Crippen LogP contribution < -0.4 is 0 Å². The van der Waals surface area contributed by atoms with Gasteiger partial charge in [-0.05, 0) is 17.5 Å². The molecule has 6 heteroatoms. The molecule has 0 aliphatic rings. The van der Waals surface area contributed by atoms with Gasteiger partial charge in [-0.2, -0.15) is 0 Å². The normalized spacial score (nSPS) is 10.7. The maximum atomic E-state index is 10.9. The first-order chi connectivity index (χ1) is 7.09. The zero-order valence-electron chi connectivity index (χ0n) is 7.51. The first kappa shape index (κ1) is 9.72. The zero-order chi connectivity index (χ0) is 11.0. The van der Waals surface area contributed by atoms with Crippen molar-refractivity contribution in [2.75, 3.05) is 0 Å². The Morgan fingerprint density at radius 1 is 1.40 bits per heavy atom. The highest BCUT2D eigenvalue weighted by atomic mass is 32.1. The van der Waals surface area contributed by atoms with Crippen molar-refractivity contribution in [3.8, 4) is 0 Å². The lowest BCUT2D eigenvalue weighted by Gasteiger charge is -2.02. The van der Waals surface area contributed by atoms with Gasteiger partial charge in [-0.25, -0.2) is 4.79 Å². The van der Waals surface area contributed by atoms with Gasteiger partial charge in [0, 0.05) is 0 Å². The van der Waals surface area contributed by atoms with Gasteiger partial charge in [-0.3, -0.25) is 4.79 Å². The second kappa shape index (κ2) is 3.39. The standard InChI is InChI=1S/C9H7NO4S/c11-8(12)4-10-5-1-2-15-7(5)3-6(10)9(13)14/h1-3H,4H2,(H,11,12)(H,13,14). The molecule has 0 radical (unpaired) electrons. The zero-order valence-corrected chi connectivity index (χ0v) is 8.32. The van der Waals surface area contributed by atoms with Crippen LogP contribution in [0.3, 0.4) is 0 Å². The van der Waals surface area contributed by atoms with E-state index in [1.165, 1.54) is 22.0 Å². The van der Waals surface area contributed by atoms with Crippen LogP contribution in [0.1, 0.15) is 10.5 Å². The van der Waals surface area contributed by atoms with Crippen LogP contribution in [0.5, 0.6) is 0 Å². The molecular weight excluding hydrogens is 218 g/mol. The molecule has 0 fully saturated rings. The number of aromatic nitrogens is 1. The number of carboxylic acid groups (broad SMARTS) is 2. The number of rotatable bonds is 3. The number of aliphatic carboxylic acids is 1. The summed E-state index contributed by atoms with van der Waals surface area (Å²) in [5.74, 6) is -2.17. The summed E-state index contributed by atoms with van der Waals surface area (Å²) in [5, 5.41) is 19.4. The third-order valence-corrected chi connectivity index (χ3v) is 2.89. The molecule has 0 saturated heterocycles. The molecule has 0 aromatic carbocycles. The van der Waals surface area contributed by atoms with E-state index in [-0.39, 0.29) is 12.2 Å². The lowest BCUT2D eigenvalue weighted by Crippen LogP contribution is -2.14. The van der Waals surface area contributed by atoms with Crippen LogP contribution in [0.2, 0.25) is 0 Å². The molecule has 0 aliphatic carbocycles. The Morgan fingerprint density at radius 3 is 2.73 bits per heavy atom. The minimum atomic E-state index is -1.11. The maximum absolute atomic E-state index is 10.9. The smallest absolute Gasteiger partial charge is 0.352 e. The summed E-state index contributed by atoms with van der Waals surface area (Å²) >= 11 is 1.39. The Balaban J connectivity index is 2.63. The van der Waals surface area contributed by atoms with Gasteiger partial charge in [-0.1, -0.05) is 0 Å². The molecule has 2 aromatic rings. The number of thiophene rings is 1. The first-order valence-corrected chi connectivity index (χ1v) is 4.99. The van der Waals surface area contributed by atoms with Crippen LogP contribution in [-0.2, 0) is 11.3 Å². The Kier molecular flexibility index (Phi) is 2.20. The minimum absolute atomic E-state index is 0.0132. The monoisotopic (exact) mass is 225 g/mol. The Morgan fingerprint density at radius 2 is 2.13 bits per heavy atom. The van der Waals surface area contributed by atoms with Crippen molar-refractivity contribution >= 4 is 33.5 Å². The van der Waals surface area contributed by atoms with Crippen molar-refractivity contribution in [3.05, 3.63) is 23.2 Å². The number of aromatic carboxylic acids is 1. The second-order valence-corrected chi connectivity index (χ2v) is 3.93. The van der Waals surface area contributed by atoms with Gasteiger partial charge in [0.2, 0.25) is 0 Å². The van der Waals surface area contributed by atoms with Crippen molar-refractivity contribution in [3.63, 3.8) is 0 Å². The third kappa shape index (κ3) is 1.59. The summed E-state index contributed by atoms with van der Waals surface area (Å²) in [7, 11) is 0. The molecule has 0 bridgehead atoms. The molecule has 5 nitrogen and oxygen atoms in total. The molecule has 2 N–H and O–H groups in total. The van der Waals surface area contributed by atoms with E-state index in [2.05, 4.69) is 0 Å². The maximum Gasteiger partial charge on any atom is 0.352 e. The second-order valence-electron chi connectivity index (χ2n) is 2.98. The van der Waals surface area contributed by atoms with Crippen LogP contribution >= 0.6 is 11.3 Å². The molecule has 2 heterocycles. The predicted octanol–water partition coefficient (Wildman–Crippen LogP) is 1.49. The average molecular weight is 225 g/mol. The van der Waals surface area contributed by atoms with Crippen molar-refractivity contribution < 1.29 is 19.8 Å². The van der Waals surface area contributed by atoms with E-state index in [0.29, 0.717) is 5.52 Å². The van der Waals surface area contributed by atoms with Crippen molar-refractivity contribution in [2.45, 2.75) is 6.54 Å². The molecule has 0 spiro atoms. The van der Waals surface area contributed by atoms with Gasteiger partial charge in [-0.15, -0.1) is 11.3 Å². The van der Waals surface area contributed by atoms with E-state index in [0.717, 1.165) is 4.70 Å². The van der Waals surface area contributed by atoms with Gasteiger partial charge in [0.1, 0.15) is 12.2 Å². The van der Waals surface area contributed by atoms with Gasteiger partial charge >= 0.3 is 11.9 Å². The predicted molar refractivity (Wildman–Crippen MR) is 54.4 cm³/mol. The van der Waals surface area contributed by atoms with Gasteiger partial charge in [0.05, 0.1) is 10.2 Å². The van der Waals surface area contributed by atoms with Crippen molar-refractivity contribution in [2.24, 2.45) is 0 Å². The number of fused-ring (bicyclic) bond motifs is 1. The topological polar surface area (TPSA) is 79.5 Å². The van der Waals surface area contributed by atoms with Crippen LogP contribution in [0.15, 0.2) is 17.5 Å². The van der Waals surface area contributed by atoms with E-state index >= 15 is 0 Å². The molecule has 78 valence electrons. The fourth-order valence-corrected chi connectivity index (χ4v) is 2.28. The SMILES string of the molecule is O=C(O)Cn1c(C(=O)O)cc2sccc21. The molecule has 2 rings (SSSR count). The average Bonchev–Trinajstić information content (AvgIpc) is 2.66. The fraction of sp³-hybridized carbons (Fsp3) is 0.111. The summed E-state index contributed by atoms with van der Waals surface area (Å²) in [6.45, 7) is -0.331. The highest BCUT2D eigenvalue weighted by Crippen LogP contribution is 2.25. The van der Waals surface area contributed by atoms with Crippen molar-refractivity contribution in [1.29, 1.82) is 0 Å². The number of hydrogen-bond acceptors (Lipinski definition) is 3. The molecule has 0 saturated carbocycles. The summed E-state index contributed by atoms with van der Waals surface area (Å²) in [4.78, 5) is 21.5.